The second-order valence-corrected chi connectivity index (χ2v) is 6.86. The van der Waals surface area contributed by atoms with Gasteiger partial charge in [-0.2, -0.15) is 0 Å². The molecule has 0 amide bonds. The zero-order valence-corrected chi connectivity index (χ0v) is 14.5. The summed E-state index contributed by atoms with van der Waals surface area (Å²) in [5.41, 5.74) is 0.594. The first-order valence-electron chi connectivity index (χ1n) is 8.61. The van der Waals surface area contributed by atoms with Crippen molar-refractivity contribution in [1.82, 2.24) is 0 Å². The van der Waals surface area contributed by atoms with E-state index >= 15 is 0 Å². The normalized spacial score (nSPS) is 31.8. The molecular weight excluding hydrogens is 320 g/mol. The van der Waals surface area contributed by atoms with E-state index in [0.29, 0.717) is 23.8 Å². The monoisotopic (exact) mass is 344 g/mol. The van der Waals surface area contributed by atoms with Crippen LogP contribution in [0, 0.1) is 11.8 Å². The highest BCUT2D eigenvalue weighted by Crippen LogP contribution is 2.43. The fraction of sp³-hybridized carbons (Fsp3) is 0.450. The number of phenols is 2. The maximum Gasteiger partial charge on any atom is 0.342 e. The van der Waals surface area contributed by atoms with Crippen molar-refractivity contribution < 1.29 is 24.5 Å². The van der Waals surface area contributed by atoms with Gasteiger partial charge in [0.2, 0.25) is 0 Å². The van der Waals surface area contributed by atoms with E-state index in [1.165, 1.54) is 6.07 Å². The summed E-state index contributed by atoms with van der Waals surface area (Å²) in [5, 5.41) is 20.0. The first-order chi connectivity index (χ1) is 12.0. The Kier molecular flexibility index (Phi) is 5.13. The molecule has 1 heterocycles. The van der Waals surface area contributed by atoms with Crippen LogP contribution in [0.1, 0.15) is 35.7 Å². The van der Waals surface area contributed by atoms with E-state index in [2.05, 4.69) is 6.08 Å². The van der Waals surface area contributed by atoms with Crippen molar-refractivity contribution in [2.45, 2.75) is 38.4 Å². The molecule has 25 heavy (non-hydrogen) atoms. The van der Waals surface area contributed by atoms with Gasteiger partial charge in [0.25, 0.3) is 0 Å². The minimum absolute atomic E-state index is 0.0973. The smallest absolute Gasteiger partial charge is 0.342 e. The molecule has 5 heteroatoms. The number of cyclic esters (lactones) is 1. The third-order valence-corrected chi connectivity index (χ3v) is 4.83. The fourth-order valence-corrected chi connectivity index (χ4v) is 3.40. The van der Waals surface area contributed by atoms with Crippen molar-refractivity contribution >= 4 is 5.97 Å². The highest BCUT2D eigenvalue weighted by atomic mass is 16.5. The first kappa shape index (κ1) is 17.5. The SMILES string of the molecule is CO[C@H]1/C=C/C=C\C2C[C@@H]2CC(C)OC(=O)c2c(O)cc(O)cc2C1. The molecule has 0 saturated heterocycles. The summed E-state index contributed by atoms with van der Waals surface area (Å²) in [6, 6.07) is 2.63. The molecule has 1 saturated carbocycles. The van der Waals surface area contributed by atoms with Gasteiger partial charge in [0.1, 0.15) is 17.1 Å². The lowest BCUT2D eigenvalue weighted by molar-refractivity contribution is 0.0306. The van der Waals surface area contributed by atoms with Gasteiger partial charge in [0, 0.05) is 19.6 Å². The molecule has 2 aliphatic rings. The van der Waals surface area contributed by atoms with Crippen molar-refractivity contribution in [2.75, 3.05) is 7.11 Å². The van der Waals surface area contributed by atoms with E-state index in [1.807, 2.05) is 25.2 Å². The number of rotatable bonds is 1. The van der Waals surface area contributed by atoms with Crippen LogP contribution < -0.4 is 0 Å². The summed E-state index contributed by atoms with van der Waals surface area (Å²) >= 11 is 0. The van der Waals surface area contributed by atoms with Gasteiger partial charge in [0.15, 0.2) is 0 Å². The number of ether oxygens (including phenoxy) is 2. The van der Waals surface area contributed by atoms with Gasteiger partial charge in [0.05, 0.1) is 12.2 Å². The molecule has 0 radical (unpaired) electrons. The van der Waals surface area contributed by atoms with E-state index < -0.39 is 5.97 Å². The Bertz CT molecular complexity index is 706. The predicted molar refractivity (Wildman–Crippen MR) is 93.6 cm³/mol. The maximum absolute atomic E-state index is 12.6. The highest BCUT2D eigenvalue weighted by Gasteiger charge is 2.36. The van der Waals surface area contributed by atoms with Gasteiger partial charge in [-0.15, -0.1) is 0 Å². The van der Waals surface area contributed by atoms with Crippen LogP contribution in [0.2, 0.25) is 0 Å². The van der Waals surface area contributed by atoms with Crippen molar-refractivity contribution in [2.24, 2.45) is 11.8 Å². The molecule has 134 valence electrons. The molecule has 0 aromatic heterocycles. The fourth-order valence-electron chi connectivity index (χ4n) is 3.40. The number of esters is 1. The molecular formula is C20H24O5. The van der Waals surface area contributed by atoms with Crippen LogP contribution >= 0.6 is 0 Å². The van der Waals surface area contributed by atoms with Crippen LogP contribution in [-0.2, 0) is 15.9 Å². The van der Waals surface area contributed by atoms with Crippen molar-refractivity contribution in [3.8, 4) is 11.5 Å². The molecule has 2 N–H and O–H groups in total. The van der Waals surface area contributed by atoms with Crippen molar-refractivity contribution in [3.05, 3.63) is 47.6 Å². The quantitative estimate of drug-likeness (QED) is 0.764. The van der Waals surface area contributed by atoms with Gasteiger partial charge >= 0.3 is 5.97 Å². The van der Waals surface area contributed by atoms with Crippen molar-refractivity contribution in [1.29, 1.82) is 0 Å². The average Bonchev–Trinajstić information content (AvgIpc) is 3.26. The third-order valence-electron chi connectivity index (χ3n) is 4.83. The molecule has 1 aromatic rings. The molecule has 5 nitrogen and oxygen atoms in total. The molecule has 0 spiro atoms. The Morgan fingerprint density at radius 3 is 2.68 bits per heavy atom. The number of carbonyl (C=O) groups is 1. The standard InChI is InChI=1S/C20H24O5/c1-12-7-14-8-13(14)5-3-4-6-17(24-2)10-15-9-16(21)11-18(22)19(15)20(23)25-12/h3-6,9,11-14,17,21-22H,7-8,10H2,1-2H3/b5-3-,6-4+/t12?,13?,14-,17-/m0/s1. The molecule has 1 aromatic carbocycles. The lowest BCUT2D eigenvalue weighted by Gasteiger charge is -2.18. The summed E-state index contributed by atoms with van der Waals surface area (Å²) in [6.07, 6.45) is 9.79. The van der Waals surface area contributed by atoms with Gasteiger partial charge in [-0.05, 0) is 43.2 Å². The van der Waals surface area contributed by atoms with Gasteiger partial charge in [-0.25, -0.2) is 4.79 Å². The van der Waals surface area contributed by atoms with E-state index in [-0.39, 0.29) is 29.3 Å². The summed E-state index contributed by atoms with van der Waals surface area (Å²) in [5.74, 6) is 0.123. The summed E-state index contributed by atoms with van der Waals surface area (Å²) in [7, 11) is 1.58. The third kappa shape index (κ3) is 4.23. The number of hydrogen-bond donors (Lipinski definition) is 2. The maximum atomic E-state index is 12.6. The molecule has 3 rings (SSSR count). The minimum Gasteiger partial charge on any atom is -0.508 e. The lowest BCUT2D eigenvalue weighted by Crippen LogP contribution is -2.19. The Balaban J connectivity index is 1.96. The van der Waals surface area contributed by atoms with E-state index in [4.69, 9.17) is 9.47 Å². The zero-order chi connectivity index (χ0) is 18.0. The topological polar surface area (TPSA) is 76.0 Å². The van der Waals surface area contributed by atoms with Gasteiger partial charge < -0.3 is 19.7 Å². The number of aromatic hydroxyl groups is 2. The number of benzene rings is 1. The Labute approximate surface area is 147 Å². The van der Waals surface area contributed by atoms with Crippen LogP contribution in [0.25, 0.3) is 0 Å². The van der Waals surface area contributed by atoms with Gasteiger partial charge in [-0.1, -0.05) is 24.3 Å². The predicted octanol–water partition coefficient (Wildman–Crippen LogP) is 3.35. The van der Waals surface area contributed by atoms with Crippen LogP contribution in [0.4, 0.5) is 0 Å². The number of allylic oxidation sites excluding steroid dienone is 3. The van der Waals surface area contributed by atoms with E-state index in [1.54, 1.807) is 7.11 Å². The molecule has 1 aliphatic heterocycles. The van der Waals surface area contributed by atoms with Crippen LogP contribution in [0.3, 0.4) is 0 Å². The Morgan fingerprint density at radius 1 is 1.16 bits per heavy atom. The van der Waals surface area contributed by atoms with Gasteiger partial charge in [-0.3, -0.25) is 0 Å². The van der Waals surface area contributed by atoms with Crippen LogP contribution in [-0.4, -0.2) is 35.5 Å². The van der Waals surface area contributed by atoms with Crippen LogP contribution in [0.5, 0.6) is 11.5 Å². The largest absolute Gasteiger partial charge is 0.508 e. The zero-order valence-electron chi connectivity index (χ0n) is 14.5. The second-order valence-electron chi connectivity index (χ2n) is 6.86. The minimum atomic E-state index is -0.566. The Morgan fingerprint density at radius 2 is 1.92 bits per heavy atom. The lowest BCUT2D eigenvalue weighted by atomic mass is 9.99. The number of fused-ring (bicyclic) bond motifs is 2. The van der Waals surface area contributed by atoms with E-state index in [9.17, 15) is 15.0 Å². The molecule has 1 fully saturated rings. The van der Waals surface area contributed by atoms with Crippen LogP contribution in [0.15, 0.2) is 36.4 Å². The highest BCUT2D eigenvalue weighted by molar-refractivity contribution is 5.94. The molecule has 2 unspecified atom stereocenters. The second kappa shape index (κ2) is 7.31. The van der Waals surface area contributed by atoms with E-state index in [0.717, 1.165) is 18.9 Å². The summed E-state index contributed by atoms with van der Waals surface area (Å²) in [6.45, 7) is 1.87. The molecule has 0 bridgehead atoms. The first-order valence-corrected chi connectivity index (χ1v) is 8.61. The number of methoxy groups -OCH3 is 1. The molecule has 4 atom stereocenters. The summed E-state index contributed by atoms with van der Waals surface area (Å²) < 4.78 is 11.0. The van der Waals surface area contributed by atoms with Crippen molar-refractivity contribution in [3.63, 3.8) is 0 Å². The number of phenolic OH excluding ortho intramolecular Hbond substituents is 2. The molecule has 1 aliphatic carbocycles. The number of carbonyl (C=O) groups excluding carboxylic acids is 1. The average molecular weight is 344 g/mol. The Hall–Kier alpha value is -2.27. The summed E-state index contributed by atoms with van der Waals surface area (Å²) in [4.78, 5) is 12.6. The number of hydrogen-bond acceptors (Lipinski definition) is 5.